The van der Waals surface area contributed by atoms with Gasteiger partial charge in [0.05, 0.1) is 5.02 Å². The summed E-state index contributed by atoms with van der Waals surface area (Å²) in [5.41, 5.74) is 2.81. The van der Waals surface area contributed by atoms with Crippen molar-refractivity contribution in [3.63, 3.8) is 0 Å². The third-order valence-corrected chi connectivity index (χ3v) is 4.36. The molecule has 3 aromatic rings. The van der Waals surface area contributed by atoms with Crippen LogP contribution < -0.4 is 0 Å². The molecule has 2 nitrogen and oxygen atoms in total. The highest BCUT2D eigenvalue weighted by molar-refractivity contribution is 6.34. The van der Waals surface area contributed by atoms with Crippen molar-refractivity contribution in [2.45, 2.75) is 24.9 Å². The Balaban J connectivity index is 1.73. The molecule has 3 heteroatoms. The molecular weight excluding hydrogens is 284 g/mol. The zero-order valence-corrected chi connectivity index (χ0v) is 12.2. The van der Waals surface area contributed by atoms with Crippen LogP contribution in [-0.4, -0.2) is 5.11 Å². The van der Waals surface area contributed by atoms with Crippen molar-refractivity contribution >= 4 is 22.6 Å². The Morgan fingerprint density at radius 2 is 1.90 bits per heavy atom. The van der Waals surface area contributed by atoms with Gasteiger partial charge >= 0.3 is 0 Å². The Labute approximate surface area is 128 Å². The molecule has 1 aromatic heterocycles. The summed E-state index contributed by atoms with van der Waals surface area (Å²) in [5.74, 6) is 1.20. The van der Waals surface area contributed by atoms with E-state index in [0.717, 1.165) is 10.9 Å². The Hall–Kier alpha value is -1.77. The Kier molecular flexibility index (Phi) is 3.02. The van der Waals surface area contributed by atoms with Crippen LogP contribution >= 0.6 is 11.6 Å². The van der Waals surface area contributed by atoms with Crippen molar-refractivity contribution in [1.82, 2.24) is 0 Å². The second-order valence-electron chi connectivity index (χ2n) is 5.65. The summed E-state index contributed by atoms with van der Waals surface area (Å²) >= 11 is 6.12. The molecule has 2 aromatic carbocycles. The quantitative estimate of drug-likeness (QED) is 0.734. The normalized spacial score (nSPS) is 16.3. The molecule has 4 rings (SSSR count). The van der Waals surface area contributed by atoms with Crippen LogP contribution in [-0.2, 0) is 0 Å². The van der Waals surface area contributed by atoms with Gasteiger partial charge in [-0.3, -0.25) is 0 Å². The molecule has 0 radical (unpaired) electrons. The first-order valence-electron chi connectivity index (χ1n) is 7.18. The molecule has 1 atom stereocenters. The van der Waals surface area contributed by atoms with Gasteiger partial charge in [0.2, 0.25) is 0 Å². The summed E-state index contributed by atoms with van der Waals surface area (Å²) in [7, 11) is 0. The molecule has 1 N–H and O–H groups in total. The fourth-order valence-electron chi connectivity index (χ4n) is 2.75. The molecule has 1 aliphatic carbocycles. The lowest BCUT2D eigenvalue weighted by atomic mass is 10.0. The first kappa shape index (κ1) is 12.9. The average molecular weight is 299 g/mol. The van der Waals surface area contributed by atoms with Crippen molar-refractivity contribution in [1.29, 1.82) is 0 Å². The Morgan fingerprint density at radius 3 is 2.67 bits per heavy atom. The number of halogens is 1. The fourth-order valence-corrected chi connectivity index (χ4v) is 2.97. The molecule has 0 amide bonds. The van der Waals surface area contributed by atoms with Gasteiger partial charge in [-0.25, -0.2) is 0 Å². The van der Waals surface area contributed by atoms with Gasteiger partial charge in [-0.1, -0.05) is 48.0 Å². The molecule has 1 heterocycles. The number of fused-ring (bicyclic) bond motifs is 1. The van der Waals surface area contributed by atoms with Gasteiger partial charge in [0.15, 0.2) is 5.58 Å². The predicted octanol–water partition coefficient (Wildman–Crippen LogP) is 5.05. The number of aliphatic hydroxyl groups excluding tert-OH is 1. The van der Waals surface area contributed by atoms with Crippen LogP contribution in [0.5, 0.6) is 0 Å². The zero-order chi connectivity index (χ0) is 14.4. The minimum atomic E-state index is -0.757. The predicted molar refractivity (Wildman–Crippen MR) is 83.7 cm³/mol. The van der Waals surface area contributed by atoms with Gasteiger partial charge < -0.3 is 9.52 Å². The number of aliphatic hydroxyl groups is 1. The minimum Gasteiger partial charge on any atom is -0.456 e. The van der Waals surface area contributed by atoms with Gasteiger partial charge in [0.25, 0.3) is 0 Å². The number of para-hydroxylation sites is 1. The lowest BCUT2D eigenvalue weighted by molar-refractivity contribution is 0.192. The monoisotopic (exact) mass is 298 g/mol. The molecule has 1 fully saturated rings. The van der Waals surface area contributed by atoms with Gasteiger partial charge in [-0.05, 0) is 42.0 Å². The van der Waals surface area contributed by atoms with Gasteiger partial charge in [-0.2, -0.15) is 0 Å². The highest BCUT2D eigenvalue weighted by Gasteiger charge is 2.25. The van der Waals surface area contributed by atoms with E-state index in [1.165, 1.54) is 18.4 Å². The molecule has 0 bridgehead atoms. The van der Waals surface area contributed by atoms with Crippen LogP contribution in [0.1, 0.15) is 41.8 Å². The van der Waals surface area contributed by atoms with Crippen molar-refractivity contribution in [2.24, 2.45) is 0 Å². The van der Waals surface area contributed by atoms with Crippen LogP contribution in [0.4, 0.5) is 0 Å². The number of furan rings is 1. The lowest BCUT2D eigenvalue weighted by Crippen LogP contribution is -1.98. The SMILES string of the molecule is OC(c1cccc(C2CC2)c1)c1cc2cccc(Cl)c2o1. The molecular formula is C18H15ClO2. The van der Waals surface area contributed by atoms with E-state index >= 15 is 0 Å². The van der Waals surface area contributed by atoms with E-state index in [2.05, 4.69) is 12.1 Å². The van der Waals surface area contributed by atoms with Crippen molar-refractivity contribution in [2.75, 3.05) is 0 Å². The zero-order valence-electron chi connectivity index (χ0n) is 11.4. The third kappa shape index (κ3) is 2.35. The smallest absolute Gasteiger partial charge is 0.153 e. The summed E-state index contributed by atoms with van der Waals surface area (Å²) in [6.07, 6.45) is 1.74. The van der Waals surface area contributed by atoms with Crippen LogP contribution in [0.2, 0.25) is 5.02 Å². The van der Waals surface area contributed by atoms with E-state index in [4.69, 9.17) is 16.0 Å². The van der Waals surface area contributed by atoms with Gasteiger partial charge in [0.1, 0.15) is 11.9 Å². The van der Waals surface area contributed by atoms with Crippen LogP contribution in [0.3, 0.4) is 0 Å². The number of benzene rings is 2. The van der Waals surface area contributed by atoms with Crippen molar-refractivity contribution in [3.05, 3.63) is 70.4 Å². The standard InChI is InChI=1S/C18H15ClO2/c19-15-6-2-5-14-10-16(21-18(14)15)17(20)13-4-1-3-12(9-13)11-7-8-11/h1-6,9-11,17,20H,7-8H2. The van der Waals surface area contributed by atoms with E-state index in [9.17, 15) is 5.11 Å². The topological polar surface area (TPSA) is 33.4 Å². The highest BCUT2D eigenvalue weighted by atomic mass is 35.5. The summed E-state index contributed by atoms with van der Waals surface area (Å²) in [4.78, 5) is 0. The van der Waals surface area contributed by atoms with Crippen LogP contribution in [0.15, 0.2) is 52.9 Å². The Bertz CT molecular complexity index is 802. The molecule has 1 saturated carbocycles. The molecule has 1 aliphatic rings. The van der Waals surface area contributed by atoms with Gasteiger partial charge in [-0.15, -0.1) is 0 Å². The van der Waals surface area contributed by atoms with E-state index in [-0.39, 0.29) is 0 Å². The maximum atomic E-state index is 10.6. The first-order chi connectivity index (χ1) is 10.2. The second kappa shape index (κ2) is 4.90. The third-order valence-electron chi connectivity index (χ3n) is 4.06. The molecule has 1 unspecified atom stereocenters. The Morgan fingerprint density at radius 1 is 1.10 bits per heavy atom. The summed E-state index contributed by atoms with van der Waals surface area (Å²) in [5, 5.41) is 12.1. The maximum absolute atomic E-state index is 10.6. The highest BCUT2D eigenvalue weighted by Crippen LogP contribution is 2.41. The van der Waals surface area contributed by atoms with E-state index < -0.39 is 6.10 Å². The van der Waals surface area contributed by atoms with E-state index in [1.54, 1.807) is 6.07 Å². The maximum Gasteiger partial charge on any atom is 0.153 e. The summed E-state index contributed by atoms with van der Waals surface area (Å²) in [6.45, 7) is 0. The molecule has 0 aliphatic heterocycles. The summed E-state index contributed by atoms with van der Waals surface area (Å²) < 4.78 is 5.75. The lowest BCUT2D eigenvalue weighted by Gasteiger charge is -2.09. The fraction of sp³-hybridized carbons (Fsp3) is 0.222. The van der Waals surface area contributed by atoms with Gasteiger partial charge in [0, 0.05) is 5.39 Å². The average Bonchev–Trinajstić information content (AvgIpc) is 3.26. The molecule has 0 spiro atoms. The number of hydrogen-bond acceptors (Lipinski definition) is 2. The van der Waals surface area contributed by atoms with E-state index in [1.807, 2.05) is 30.3 Å². The molecule has 106 valence electrons. The van der Waals surface area contributed by atoms with Crippen LogP contribution in [0, 0.1) is 0 Å². The largest absolute Gasteiger partial charge is 0.456 e. The number of rotatable bonds is 3. The first-order valence-corrected chi connectivity index (χ1v) is 7.56. The molecule has 21 heavy (non-hydrogen) atoms. The minimum absolute atomic E-state index is 0.533. The second-order valence-corrected chi connectivity index (χ2v) is 6.06. The number of hydrogen-bond donors (Lipinski definition) is 1. The van der Waals surface area contributed by atoms with Crippen molar-refractivity contribution < 1.29 is 9.52 Å². The van der Waals surface area contributed by atoms with E-state index in [0.29, 0.717) is 22.3 Å². The summed E-state index contributed by atoms with van der Waals surface area (Å²) in [6, 6.07) is 15.6. The van der Waals surface area contributed by atoms with Crippen LogP contribution in [0.25, 0.3) is 11.0 Å². The van der Waals surface area contributed by atoms with Crippen molar-refractivity contribution in [3.8, 4) is 0 Å². The molecule has 0 saturated heterocycles.